The molecule has 1 heterocycles. The summed E-state index contributed by atoms with van der Waals surface area (Å²) in [6, 6.07) is 42.5. The Morgan fingerprint density at radius 2 is 0.978 bits per heavy atom. The predicted molar refractivity (Wildman–Crippen MR) is 178 cm³/mol. The molecule has 0 saturated carbocycles. The third-order valence-corrected chi connectivity index (χ3v) is 7.77. The van der Waals surface area contributed by atoms with Gasteiger partial charge in [0.15, 0.2) is 0 Å². The lowest BCUT2D eigenvalue weighted by Crippen LogP contribution is -2.61. The van der Waals surface area contributed by atoms with Gasteiger partial charge in [-0.05, 0) is 28.7 Å². The summed E-state index contributed by atoms with van der Waals surface area (Å²) >= 11 is 0. The Hall–Kier alpha value is -4.35. The van der Waals surface area contributed by atoms with E-state index in [1.54, 1.807) is 6.08 Å². The van der Waals surface area contributed by atoms with Crippen molar-refractivity contribution >= 4 is 0 Å². The fourth-order valence-corrected chi connectivity index (χ4v) is 5.46. The molecule has 6 heteroatoms. The molecule has 1 aliphatic heterocycles. The van der Waals surface area contributed by atoms with E-state index in [1.807, 2.05) is 103 Å². The van der Waals surface area contributed by atoms with Crippen LogP contribution in [0, 0.1) is 11.3 Å². The fraction of sp³-hybridized carbons (Fsp3) is 0.275. The van der Waals surface area contributed by atoms with Crippen molar-refractivity contribution in [1.29, 1.82) is 5.26 Å². The van der Waals surface area contributed by atoms with E-state index in [9.17, 15) is 0 Å². The second kappa shape index (κ2) is 18.6. The van der Waals surface area contributed by atoms with Crippen molar-refractivity contribution in [2.45, 2.75) is 63.4 Å². The zero-order chi connectivity index (χ0) is 31.7. The molecular formula is C40H41NO5. The van der Waals surface area contributed by atoms with Crippen LogP contribution in [0.15, 0.2) is 146 Å². The van der Waals surface area contributed by atoms with Crippen molar-refractivity contribution in [3.8, 4) is 6.07 Å². The number of benzene rings is 4. The Labute approximate surface area is 272 Å². The highest BCUT2D eigenvalue weighted by molar-refractivity contribution is 5.17. The van der Waals surface area contributed by atoms with Crippen molar-refractivity contribution in [3.63, 3.8) is 0 Å². The topological polar surface area (TPSA) is 69.9 Å². The third kappa shape index (κ3) is 10.3. The van der Waals surface area contributed by atoms with Gasteiger partial charge in [0.25, 0.3) is 0 Å². The van der Waals surface area contributed by atoms with E-state index in [1.165, 1.54) is 6.08 Å². The molecule has 236 valence electrons. The van der Waals surface area contributed by atoms with Crippen LogP contribution in [0.2, 0.25) is 0 Å². The summed E-state index contributed by atoms with van der Waals surface area (Å²) in [6.45, 7) is 1.96. The molecule has 0 bridgehead atoms. The van der Waals surface area contributed by atoms with Crippen LogP contribution < -0.4 is 0 Å². The molecule has 0 aliphatic carbocycles. The zero-order valence-corrected chi connectivity index (χ0v) is 26.0. The van der Waals surface area contributed by atoms with Crippen molar-refractivity contribution in [1.82, 2.24) is 0 Å². The molecular weight excluding hydrogens is 574 g/mol. The van der Waals surface area contributed by atoms with E-state index in [-0.39, 0.29) is 6.10 Å². The summed E-state index contributed by atoms with van der Waals surface area (Å²) in [5, 5.41) is 8.92. The van der Waals surface area contributed by atoms with Crippen molar-refractivity contribution in [3.05, 3.63) is 168 Å². The molecule has 1 saturated heterocycles. The molecule has 6 nitrogen and oxygen atoms in total. The van der Waals surface area contributed by atoms with Gasteiger partial charge in [-0.2, -0.15) is 5.26 Å². The summed E-state index contributed by atoms with van der Waals surface area (Å²) in [5.41, 5.74) is 4.27. The molecule has 4 aromatic rings. The monoisotopic (exact) mass is 615 g/mol. The van der Waals surface area contributed by atoms with Gasteiger partial charge in [0, 0.05) is 6.08 Å². The first-order valence-corrected chi connectivity index (χ1v) is 15.7. The molecule has 4 aromatic carbocycles. The number of rotatable bonds is 16. The lowest BCUT2D eigenvalue weighted by Gasteiger charge is -2.46. The average Bonchev–Trinajstić information content (AvgIpc) is 3.11. The standard InChI is InChI=1S/C40H41NO5/c41-26-16-2-1-15-25-36-38(43-28-33-19-9-4-10-20-33)40(45-30-35-23-13-6-14-24-35)39(44-29-34-21-11-5-12-22-34)37(46-36)31-42-27-32-17-7-3-8-18-32/h1-24,36-40H,25,27-31H2/b15-1+,16-2+/t36-,37-,38+,39-,40-/m1/s1. The van der Waals surface area contributed by atoms with Crippen LogP contribution in [0.1, 0.15) is 28.7 Å². The van der Waals surface area contributed by atoms with Gasteiger partial charge < -0.3 is 23.7 Å². The number of hydrogen-bond acceptors (Lipinski definition) is 6. The van der Waals surface area contributed by atoms with Crippen LogP contribution in [0.3, 0.4) is 0 Å². The number of hydrogen-bond donors (Lipinski definition) is 0. The van der Waals surface area contributed by atoms with Crippen LogP contribution in [-0.4, -0.2) is 37.1 Å². The summed E-state index contributed by atoms with van der Waals surface area (Å²) < 4.78 is 33.2. The smallest absolute Gasteiger partial charge is 0.115 e. The van der Waals surface area contributed by atoms with Crippen molar-refractivity contribution in [2.75, 3.05) is 6.61 Å². The van der Waals surface area contributed by atoms with Gasteiger partial charge in [-0.1, -0.05) is 140 Å². The highest BCUT2D eigenvalue weighted by atomic mass is 16.6. The van der Waals surface area contributed by atoms with Crippen LogP contribution >= 0.6 is 0 Å². The summed E-state index contributed by atoms with van der Waals surface area (Å²) in [5.74, 6) is 0. The maximum Gasteiger partial charge on any atom is 0.115 e. The largest absolute Gasteiger partial charge is 0.374 e. The van der Waals surface area contributed by atoms with Crippen molar-refractivity contribution in [2.24, 2.45) is 0 Å². The third-order valence-electron chi connectivity index (χ3n) is 7.77. The quantitative estimate of drug-likeness (QED) is 0.0948. The molecule has 5 rings (SSSR count). The van der Waals surface area contributed by atoms with Gasteiger partial charge in [-0.3, -0.25) is 0 Å². The van der Waals surface area contributed by atoms with E-state index < -0.39 is 24.4 Å². The first-order chi connectivity index (χ1) is 22.8. The maximum atomic E-state index is 8.92. The average molecular weight is 616 g/mol. The van der Waals surface area contributed by atoms with Crippen molar-refractivity contribution < 1.29 is 23.7 Å². The highest BCUT2D eigenvalue weighted by Crippen LogP contribution is 2.32. The van der Waals surface area contributed by atoms with Crippen LogP contribution in [-0.2, 0) is 50.1 Å². The SMILES string of the molecule is N#C/C=C/C=C/C[C@H]1O[C@H](COCc2ccccc2)[C@@H](OCc2ccccc2)[C@H](OCc2ccccc2)[C@H]1OCc1ccccc1. The minimum absolute atomic E-state index is 0.319. The molecule has 1 aliphatic rings. The van der Waals surface area contributed by atoms with Crippen LogP contribution in [0.4, 0.5) is 0 Å². The van der Waals surface area contributed by atoms with Crippen LogP contribution in [0.5, 0.6) is 0 Å². The van der Waals surface area contributed by atoms with E-state index in [2.05, 4.69) is 36.4 Å². The number of nitriles is 1. The normalized spacial score (nSPS) is 21.4. The molecule has 0 N–H and O–H groups in total. The Morgan fingerprint density at radius 3 is 1.46 bits per heavy atom. The lowest BCUT2D eigenvalue weighted by molar-refractivity contribution is -0.271. The molecule has 0 aromatic heterocycles. The molecule has 0 amide bonds. The van der Waals surface area contributed by atoms with Crippen LogP contribution in [0.25, 0.3) is 0 Å². The molecule has 46 heavy (non-hydrogen) atoms. The summed E-state index contributed by atoms with van der Waals surface area (Å²) in [7, 11) is 0. The number of ether oxygens (including phenoxy) is 5. The summed E-state index contributed by atoms with van der Waals surface area (Å²) in [4.78, 5) is 0. The molecule has 5 atom stereocenters. The first-order valence-electron chi connectivity index (χ1n) is 15.7. The van der Waals surface area contributed by atoms with Gasteiger partial charge in [-0.15, -0.1) is 0 Å². The second-order valence-corrected chi connectivity index (χ2v) is 11.1. The Kier molecular flexibility index (Phi) is 13.3. The Bertz CT molecular complexity index is 1510. The van der Waals surface area contributed by atoms with Gasteiger partial charge in [0.1, 0.15) is 24.4 Å². The number of allylic oxidation sites excluding steroid dienone is 3. The molecule has 0 spiro atoms. The van der Waals surface area contributed by atoms with E-state index >= 15 is 0 Å². The van der Waals surface area contributed by atoms with Gasteiger partial charge >= 0.3 is 0 Å². The summed E-state index contributed by atoms with van der Waals surface area (Å²) in [6.07, 6.45) is 5.44. The Balaban J connectivity index is 1.44. The lowest BCUT2D eigenvalue weighted by atomic mass is 9.92. The van der Waals surface area contributed by atoms with Gasteiger partial charge in [0.2, 0.25) is 0 Å². The van der Waals surface area contributed by atoms with E-state index in [4.69, 9.17) is 28.9 Å². The van der Waals surface area contributed by atoms with Gasteiger partial charge in [-0.25, -0.2) is 0 Å². The fourth-order valence-electron chi connectivity index (χ4n) is 5.46. The molecule has 0 radical (unpaired) electrons. The molecule has 0 unspecified atom stereocenters. The van der Waals surface area contributed by atoms with E-state index in [0.717, 1.165) is 22.3 Å². The highest BCUT2D eigenvalue weighted by Gasteiger charge is 2.48. The van der Waals surface area contributed by atoms with Gasteiger partial charge in [0.05, 0.1) is 45.2 Å². The zero-order valence-electron chi connectivity index (χ0n) is 26.0. The maximum absolute atomic E-state index is 8.92. The molecule has 1 fully saturated rings. The Morgan fingerprint density at radius 1 is 0.543 bits per heavy atom. The first kappa shape index (κ1) is 33.0. The minimum Gasteiger partial charge on any atom is -0.374 e. The minimum atomic E-state index is -0.473. The second-order valence-electron chi connectivity index (χ2n) is 11.1. The van der Waals surface area contributed by atoms with E-state index in [0.29, 0.717) is 39.5 Å². The number of nitrogens with zero attached hydrogens (tertiary/aromatic N) is 1. The predicted octanol–water partition coefficient (Wildman–Crippen LogP) is 7.75.